The van der Waals surface area contributed by atoms with Gasteiger partial charge in [0.15, 0.2) is 0 Å². The zero-order chi connectivity index (χ0) is 18.2. The molecule has 1 aromatic rings. The molecule has 0 unspecified atom stereocenters. The van der Waals surface area contributed by atoms with Gasteiger partial charge in [-0.05, 0) is 49.4 Å². The average Bonchev–Trinajstić information content (AvgIpc) is 2.63. The Morgan fingerprint density at radius 2 is 2.19 bits per heavy atom. The van der Waals surface area contributed by atoms with Gasteiger partial charge in [-0.25, -0.2) is 4.98 Å². The lowest BCUT2D eigenvalue weighted by atomic mass is 10.1. The SMILES string of the molecule is N=C(/C=C\N)Nc1cc(CN2CCOCC2)cc(N[C@H]2CCCNC2)n1. The van der Waals surface area contributed by atoms with Crippen LogP contribution in [-0.2, 0) is 11.3 Å². The van der Waals surface area contributed by atoms with Crippen molar-refractivity contribution in [2.45, 2.75) is 25.4 Å². The van der Waals surface area contributed by atoms with E-state index in [1.807, 2.05) is 6.07 Å². The highest BCUT2D eigenvalue weighted by Crippen LogP contribution is 2.19. The maximum atomic E-state index is 7.90. The van der Waals surface area contributed by atoms with Gasteiger partial charge in [-0.1, -0.05) is 0 Å². The third-order valence-electron chi connectivity index (χ3n) is 4.57. The number of hydrogen-bond acceptors (Lipinski definition) is 7. The molecule has 0 saturated carbocycles. The number of aromatic nitrogens is 1. The first-order valence-electron chi connectivity index (χ1n) is 9.25. The Bertz CT molecular complexity index is 584. The van der Waals surface area contributed by atoms with Gasteiger partial charge in [-0.2, -0.15) is 0 Å². The molecule has 3 heterocycles. The van der Waals surface area contributed by atoms with Crippen LogP contribution in [-0.4, -0.2) is 61.2 Å². The van der Waals surface area contributed by atoms with Gasteiger partial charge < -0.3 is 26.4 Å². The van der Waals surface area contributed by atoms with Crippen LogP contribution in [0.4, 0.5) is 11.6 Å². The van der Waals surface area contributed by atoms with Crippen LogP contribution in [0.25, 0.3) is 0 Å². The summed E-state index contributed by atoms with van der Waals surface area (Å²) in [5.41, 5.74) is 6.54. The zero-order valence-electron chi connectivity index (χ0n) is 15.1. The number of ether oxygens (including phenoxy) is 1. The van der Waals surface area contributed by atoms with Gasteiger partial charge in [-0.3, -0.25) is 10.3 Å². The maximum Gasteiger partial charge on any atom is 0.134 e. The molecular formula is C18H29N7O. The number of nitrogens with zero attached hydrogens (tertiary/aromatic N) is 2. The second-order valence-corrected chi connectivity index (χ2v) is 6.72. The third kappa shape index (κ3) is 5.69. The first kappa shape index (κ1) is 18.6. The molecule has 0 aromatic carbocycles. The van der Waals surface area contributed by atoms with Crippen LogP contribution in [0.5, 0.6) is 0 Å². The quantitative estimate of drug-likeness (QED) is 0.380. The number of piperidine rings is 1. The molecule has 2 fully saturated rings. The van der Waals surface area contributed by atoms with Gasteiger partial charge in [0.05, 0.1) is 13.2 Å². The fourth-order valence-corrected chi connectivity index (χ4v) is 3.29. The minimum Gasteiger partial charge on any atom is -0.404 e. The van der Waals surface area contributed by atoms with E-state index in [1.54, 1.807) is 0 Å². The van der Waals surface area contributed by atoms with Crippen LogP contribution in [0.15, 0.2) is 24.4 Å². The molecule has 142 valence electrons. The number of amidine groups is 1. The molecule has 2 aliphatic rings. The Hall–Kier alpha value is -2.16. The van der Waals surface area contributed by atoms with Crippen LogP contribution < -0.4 is 21.7 Å². The standard InChI is InChI=1S/C18H29N7O/c19-4-3-16(20)23-18-11-14(13-25-6-8-26-9-7-25)10-17(24-18)22-15-2-1-5-21-12-15/h3-4,10-11,15,21H,1-2,5-9,12-13,19H2,(H3,20,22,23,24)/b4-3-/t15-/m0/s1. The zero-order valence-corrected chi connectivity index (χ0v) is 15.1. The van der Waals surface area contributed by atoms with Crippen LogP contribution in [0.1, 0.15) is 18.4 Å². The monoisotopic (exact) mass is 359 g/mol. The summed E-state index contributed by atoms with van der Waals surface area (Å²) in [4.78, 5) is 7.01. The summed E-state index contributed by atoms with van der Waals surface area (Å²) in [7, 11) is 0. The van der Waals surface area contributed by atoms with Crippen LogP contribution in [0, 0.1) is 5.41 Å². The Labute approximate surface area is 154 Å². The van der Waals surface area contributed by atoms with Gasteiger partial charge in [-0.15, -0.1) is 0 Å². The molecule has 1 aromatic heterocycles. The molecule has 8 nitrogen and oxygen atoms in total. The number of anilines is 2. The molecule has 0 bridgehead atoms. The predicted molar refractivity (Wildman–Crippen MR) is 105 cm³/mol. The molecule has 8 heteroatoms. The first-order valence-corrected chi connectivity index (χ1v) is 9.25. The first-order chi connectivity index (χ1) is 12.7. The van der Waals surface area contributed by atoms with E-state index in [4.69, 9.17) is 15.9 Å². The molecule has 0 aliphatic carbocycles. The Kier molecular flexibility index (Phi) is 6.82. The highest BCUT2D eigenvalue weighted by molar-refractivity contribution is 6.00. The maximum absolute atomic E-state index is 7.90. The van der Waals surface area contributed by atoms with Gasteiger partial charge in [0.1, 0.15) is 17.5 Å². The predicted octanol–water partition coefficient (Wildman–Crippen LogP) is 0.939. The normalized spacial score (nSPS) is 21.6. The van der Waals surface area contributed by atoms with Crippen molar-refractivity contribution in [1.82, 2.24) is 15.2 Å². The highest BCUT2D eigenvalue weighted by atomic mass is 16.5. The van der Waals surface area contributed by atoms with Gasteiger partial charge >= 0.3 is 0 Å². The van der Waals surface area contributed by atoms with E-state index in [0.717, 1.165) is 58.2 Å². The molecule has 0 spiro atoms. The largest absolute Gasteiger partial charge is 0.404 e. The minimum atomic E-state index is 0.216. The fraction of sp³-hybridized carbons (Fsp3) is 0.556. The molecule has 26 heavy (non-hydrogen) atoms. The van der Waals surface area contributed by atoms with Gasteiger partial charge in [0.2, 0.25) is 0 Å². The van der Waals surface area contributed by atoms with E-state index in [2.05, 4.69) is 31.9 Å². The van der Waals surface area contributed by atoms with Gasteiger partial charge in [0.25, 0.3) is 0 Å². The average molecular weight is 359 g/mol. The van der Waals surface area contributed by atoms with Crippen molar-refractivity contribution >= 4 is 17.5 Å². The van der Waals surface area contributed by atoms with Crippen molar-refractivity contribution in [3.8, 4) is 0 Å². The number of morpholine rings is 1. The molecule has 0 amide bonds. The number of pyridine rings is 1. The summed E-state index contributed by atoms with van der Waals surface area (Å²) in [6.07, 6.45) is 5.16. The summed E-state index contributed by atoms with van der Waals surface area (Å²) < 4.78 is 5.43. The van der Waals surface area contributed by atoms with Crippen molar-refractivity contribution in [2.75, 3.05) is 50.0 Å². The van der Waals surface area contributed by atoms with Gasteiger partial charge in [0, 0.05) is 32.2 Å². The van der Waals surface area contributed by atoms with E-state index in [1.165, 1.54) is 24.3 Å². The molecule has 1 atom stereocenters. The Balaban J connectivity index is 1.74. The third-order valence-corrected chi connectivity index (χ3v) is 4.57. The molecule has 2 saturated heterocycles. The molecule has 0 radical (unpaired) electrons. The van der Waals surface area contributed by atoms with E-state index >= 15 is 0 Å². The van der Waals surface area contributed by atoms with E-state index in [0.29, 0.717) is 11.9 Å². The second kappa shape index (κ2) is 9.51. The molecule has 6 N–H and O–H groups in total. The number of hydrogen-bond donors (Lipinski definition) is 5. The van der Waals surface area contributed by atoms with Crippen molar-refractivity contribution < 1.29 is 4.74 Å². The van der Waals surface area contributed by atoms with Crippen molar-refractivity contribution in [1.29, 1.82) is 5.41 Å². The van der Waals surface area contributed by atoms with Crippen LogP contribution in [0.3, 0.4) is 0 Å². The van der Waals surface area contributed by atoms with Crippen molar-refractivity contribution in [3.05, 3.63) is 30.0 Å². The molecule has 2 aliphatic heterocycles. The number of rotatable bonds is 6. The van der Waals surface area contributed by atoms with Crippen LogP contribution in [0.2, 0.25) is 0 Å². The minimum absolute atomic E-state index is 0.216. The Morgan fingerprint density at radius 3 is 2.92 bits per heavy atom. The number of nitrogens with one attached hydrogen (secondary N) is 4. The lowest BCUT2D eigenvalue weighted by molar-refractivity contribution is 0.0342. The molecular weight excluding hydrogens is 330 g/mol. The van der Waals surface area contributed by atoms with Crippen molar-refractivity contribution in [3.63, 3.8) is 0 Å². The molecule has 3 rings (SSSR count). The van der Waals surface area contributed by atoms with Crippen LogP contribution >= 0.6 is 0 Å². The Morgan fingerprint density at radius 1 is 1.38 bits per heavy atom. The summed E-state index contributed by atoms with van der Waals surface area (Å²) in [6.45, 7) is 6.31. The lowest BCUT2D eigenvalue weighted by Gasteiger charge is -2.27. The highest BCUT2D eigenvalue weighted by Gasteiger charge is 2.16. The summed E-state index contributed by atoms with van der Waals surface area (Å²) in [5.74, 6) is 1.72. The van der Waals surface area contributed by atoms with E-state index in [-0.39, 0.29) is 5.84 Å². The van der Waals surface area contributed by atoms with E-state index < -0.39 is 0 Å². The number of nitrogens with two attached hydrogens (primary N) is 1. The smallest absolute Gasteiger partial charge is 0.134 e. The second-order valence-electron chi connectivity index (χ2n) is 6.72. The topological polar surface area (TPSA) is 111 Å². The van der Waals surface area contributed by atoms with Crippen molar-refractivity contribution in [2.24, 2.45) is 5.73 Å². The summed E-state index contributed by atoms with van der Waals surface area (Å²) >= 11 is 0. The lowest BCUT2D eigenvalue weighted by Crippen LogP contribution is -2.38. The fourth-order valence-electron chi connectivity index (χ4n) is 3.29. The summed E-state index contributed by atoms with van der Waals surface area (Å²) in [6, 6.07) is 4.49. The van der Waals surface area contributed by atoms with E-state index in [9.17, 15) is 0 Å². The summed E-state index contributed by atoms with van der Waals surface area (Å²) in [5, 5.41) is 17.9.